The minimum Gasteiger partial charge on any atom is -0.445 e. The maximum absolute atomic E-state index is 11.9. The molecular formula is C88H108Cl4N6O22. The molecule has 0 aliphatic carbocycles. The number of aldehydes is 3. The molecule has 12 rings (SSSR count). The Morgan fingerprint density at radius 2 is 0.425 bits per heavy atom. The second-order valence-electron chi connectivity index (χ2n) is 28.7. The minimum absolute atomic E-state index is 0.0389. The number of halogens is 4. The fourth-order valence-corrected chi connectivity index (χ4v) is 12.9. The van der Waals surface area contributed by atoms with Gasteiger partial charge in [-0.1, -0.05) is 182 Å². The van der Waals surface area contributed by atoms with Crippen LogP contribution >= 0.6 is 46.4 Å². The molecule has 6 fully saturated rings. The van der Waals surface area contributed by atoms with E-state index in [2.05, 4.69) is 46.4 Å². The number of benzene rings is 6. The average molecular weight is 1740 g/mol. The van der Waals surface area contributed by atoms with E-state index in [0.717, 1.165) is 149 Å². The normalized spacial score (nSPS) is 18.3. The van der Waals surface area contributed by atoms with Gasteiger partial charge in [-0.2, -0.15) is 0 Å². The molecule has 6 aromatic carbocycles. The van der Waals surface area contributed by atoms with Crippen LogP contribution in [0.2, 0.25) is 0 Å². The van der Waals surface area contributed by atoms with Gasteiger partial charge in [-0.05, 0) is 175 Å². The van der Waals surface area contributed by atoms with Crippen molar-refractivity contribution in [3.8, 4) is 0 Å². The number of hydrogen-bond donors (Lipinski definition) is 3. The van der Waals surface area contributed by atoms with Gasteiger partial charge in [0.25, 0.3) is 0 Å². The van der Waals surface area contributed by atoms with E-state index in [1.165, 1.54) is 0 Å². The van der Waals surface area contributed by atoms with Gasteiger partial charge in [0.2, 0.25) is 0 Å². The number of aliphatic hydroxyl groups is 3. The zero-order chi connectivity index (χ0) is 87.1. The lowest BCUT2D eigenvalue weighted by Gasteiger charge is -2.31. The second-order valence-corrected chi connectivity index (χ2v) is 30.1. The minimum atomic E-state index is -1.14. The Labute approximate surface area is 720 Å². The van der Waals surface area contributed by atoms with Crippen LogP contribution in [0.15, 0.2) is 182 Å². The van der Waals surface area contributed by atoms with Crippen molar-refractivity contribution in [2.45, 2.75) is 117 Å². The van der Waals surface area contributed by atoms with Gasteiger partial charge >= 0.3 is 57.5 Å². The molecule has 3 N–H and O–H groups in total. The Bertz CT molecular complexity index is 3610. The first-order valence-corrected chi connectivity index (χ1v) is 41.3. The van der Waals surface area contributed by atoms with Crippen molar-refractivity contribution in [2.24, 2.45) is 35.5 Å². The predicted octanol–water partition coefficient (Wildman–Crippen LogP) is 13.8. The van der Waals surface area contributed by atoms with Crippen molar-refractivity contribution in [1.29, 1.82) is 0 Å². The Morgan fingerprint density at radius 3 is 0.575 bits per heavy atom. The maximum atomic E-state index is 11.9. The number of nitrogens with zero attached hydrogens (tertiary/aromatic N) is 6. The highest BCUT2D eigenvalue weighted by atomic mass is 35.5. The lowest BCUT2D eigenvalue weighted by atomic mass is 10.00. The zero-order valence-corrected chi connectivity index (χ0v) is 70.2. The van der Waals surface area contributed by atoms with E-state index in [9.17, 15) is 62.3 Å². The molecule has 6 heterocycles. The molecule has 0 radical (unpaired) electrons. The van der Waals surface area contributed by atoms with Crippen molar-refractivity contribution in [3.63, 3.8) is 0 Å². The van der Waals surface area contributed by atoms with Crippen LogP contribution in [-0.2, 0) is 102 Å². The second kappa shape index (κ2) is 59.4. The summed E-state index contributed by atoms with van der Waals surface area (Å²) in [6, 6.07) is 57.6. The maximum Gasteiger partial charge on any atom is 0.410 e. The Kier molecular flexibility index (Phi) is 49.6. The van der Waals surface area contributed by atoms with Gasteiger partial charge in [0.1, 0.15) is 58.5 Å². The highest BCUT2D eigenvalue weighted by molar-refractivity contribution is 6.98. The van der Waals surface area contributed by atoms with Gasteiger partial charge in [-0.3, -0.25) is 19.2 Å². The summed E-state index contributed by atoms with van der Waals surface area (Å²) in [5, 5.41) is 22.8. The lowest BCUT2D eigenvalue weighted by molar-refractivity contribution is -0.127. The number of ether oxygens (including phenoxy) is 6. The standard InChI is InChI=1S/3C14H19NO3.3C14H17NO3.2C2Cl2O2/c6*16-10-13-7-4-8-15(9-13)14(17)18-11-12-5-2-1-3-6-12;2*3-1(5)2(4)6/h3*1-3,5-6,13,16H,4,7-11H2;3*1-3,5-6,10,13H,4,7-9,11H2;;/t6*13-;;/m110110../s1. The Morgan fingerprint density at radius 1 is 0.267 bits per heavy atom. The number of hydrogen-bond acceptors (Lipinski definition) is 22. The van der Waals surface area contributed by atoms with E-state index in [4.69, 9.17) is 43.7 Å². The van der Waals surface area contributed by atoms with Crippen LogP contribution < -0.4 is 0 Å². The molecule has 32 heteroatoms. The molecule has 0 spiro atoms. The molecule has 0 saturated carbocycles. The molecule has 0 bridgehead atoms. The number of aliphatic hydroxyl groups excluding tert-OH is 3. The van der Waals surface area contributed by atoms with Crippen molar-refractivity contribution in [2.75, 3.05) is 98.4 Å². The van der Waals surface area contributed by atoms with E-state index >= 15 is 0 Å². The van der Waals surface area contributed by atoms with Crippen molar-refractivity contribution >= 4 is 123 Å². The van der Waals surface area contributed by atoms with Gasteiger partial charge in [0.15, 0.2) is 0 Å². The summed E-state index contributed by atoms with van der Waals surface area (Å²) in [6.07, 6.45) is 11.9. The van der Waals surface area contributed by atoms with Gasteiger partial charge < -0.3 is 87.5 Å². The van der Waals surface area contributed by atoms with Crippen LogP contribution in [0, 0.1) is 35.5 Å². The zero-order valence-electron chi connectivity index (χ0n) is 67.1. The lowest BCUT2D eigenvalue weighted by Crippen LogP contribution is -2.41. The molecule has 6 atom stereocenters. The van der Waals surface area contributed by atoms with Crippen LogP contribution in [0.3, 0.4) is 0 Å². The first kappa shape index (κ1) is 100. The van der Waals surface area contributed by atoms with Crippen LogP contribution in [-0.4, -0.2) is 219 Å². The van der Waals surface area contributed by atoms with Crippen molar-refractivity contribution < 1.29 is 106 Å². The molecule has 120 heavy (non-hydrogen) atoms. The fourth-order valence-electron chi connectivity index (χ4n) is 12.9. The van der Waals surface area contributed by atoms with Crippen LogP contribution in [0.4, 0.5) is 28.8 Å². The van der Waals surface area contributed by atoms with Crippen LogP contribution in [0.5, 0.6) is 0 Å². The molecular weight excluding hydrogens is 1630 g/mol. The summed E-state index contributed by atoms with van der Waals surface area (Å²) in [6.45, 7) is 9.65. The molecule has 650 valence electrons. The van der Waals surface area contributed by atoms with Crippen LogP contribution in [0.25, 0.3) is 0 Å². The molecule has 0 unspecified atom stereocenters. The third-order valence-corrected chi connectivity index (χ3v) is 20.3. The number of rotatable bonds is 20. The van der Waals surface area contributed by atoms with Gasteiger partial charge in [-0.25, -0.2) is 28.8 Å². The van der Waals surface area contributed by atoms with E-state index < -0.39 is 21.0 Å². The summed E-state index contributed by atoms with van der Waals surface area (Å²) in [4.78, 5) is 151. The third-order valence-electron chi connectivity index (χ3n) is 19.4. The number of carbonyl (C=O) groups is 13. The predicted molar refractivity (Wildman–Crippen MR) is 448 cm³/mol. The fraction of sp³-hybridized carbons (Fsp3) is 0.443. The first-order chi connectivity index (χ1) is 58.0. The molecule has 28 nitrogen and oxygen atoms in total. The largest absolute Gasteiger partial charge is 0.445 e. The molecule has 6 amide bonds. The number of carbonyl (C=O) groups excluding carboxylic acids is 13. The summed E-state index contributed by atoms with van der Waals surface area (Å²) in [5.74, 6) is 0.475. The monoisotopic (exact) mass is 1740 g/mol. The van der Waals surface area contributed by atoms with E-state index in [1.807, 2.05) is 182 Å². The van der Waals surface area contributed by atoms with Crippen LogP contribution in [0.1, 0.15) is 110 Å². The average Bonchev–Trinajstić information content (AvgIpc) is 0.902. The van der Waals surface area contributed by atoms with Gasteiger partial charge in [0, 0.05) is 116 Å². The molecule has 6 aromatic rings. The van der Waals surface area contributed by atoms with Gasteiger partial charge in [0.05, 0.1) is 0 Å². The first-order valence-electron chi connectivity index (χ1n) is 39.8. The number of piperidine rings is 6. The smallest absolute Gasteiger partial charge is 0.410 e. The third kappa shape index (κ3) is 41.6. The number of likely N-dealkylation sites (tertiary alicyclic amines) is 6. The number of amides is 6. The van der Waals surface area contributed by atoms with Gasteiger partial charge in [-0.15, -0.1) is 0 Å². The Hall–Kier alpha value is -10.3. The van der Waals surface area contributed by atoms with E-state index in [0.29, 0.717) is 78.7 Å². The summed E-state index contributed by atoms with van der Waals surface area (Å²) < 4.78 is 31.5. The van der Waals surface area contributed by atoms with Crippen molar-refractivity contribution in [3.05, 3.63) is 215 Å². The molecule has 0 aromatic heterocycles. The summed E-state index contributed by atoms with van der Waals surface area (Å²) in [5.41, 5.74) is 5.86. The quantitative estimate of drug-likeness (QED) is 0.0276. The van der Waals surface area contributed by atoms with E-state index in [1.54, 1.807) is 29.4 Å². The highest BCUT2D eigenvalue weighted by Crippen LogP contribution is 2.23. The molecule has 6 aliphatic heterocycles. The molecule has 6 saturated heterocycles. The Balaban J connectivity index is 0.000000249. The topological polar surface area (TPSA) is 357 Å². The van der Waals surface area contributed by atoms with Crippen molar-refractivity contribution in [1.82, 2.24) is 29.4 Å². The highest BCUT2D eigenvalue weighted by Gasteiger charge is 2.30. The molecule has 6 aliphatic rings. The SMILES string of the molecule is O=C(Cl)C(=O)Cl.O=C(Cl)C(=O)Cl.O=C(OCc1ccccc1)N1CCC[C@@H](CO)C1.O=C(OCc1ccccc1)N1CCC[C@@H](CO)C1.O=C(OCc1ccccc1)N1CCC[C@H](CO)C1.O=C[C@@H]1CCCN(C(=O)OCc2ccccc2)C1.O=C[C@@H]1CCCN(C(=O)OCc2ccccc2)C1.O=C[C@H]1CCCN(C(=O)OCc2ccccc2)C1. The summed E-state index contributed by atoms with van der Waals surface area (Å²) in [7, 11) is 0. The summed E-state index contributed by atoms with van der Waals surface area (Å²) >= 11 is 18.0. The van der Waals surface area contributed by atoms with E-state index in [-0.39, 0.29) is 112 Å².